The number of aromatic amines is 1. The Morgan fingerprint density at radius 3 is 2.05 bits per heavy atom. The SMILES string of the molecule is CNc1cc(-c2c(OC)cc(OC)cc2OC)[nH]n1. The quantitative estimate of drug-likeness (QED) is 0.865. The fraction of sp³-hybridized carbons (Fsp3) is 0.308. The third-order valence-corrected chi connectivity index (χ3v) is 2.82. The lowest BCUT2D eigenvalue weighted by Gasteiger charge is -2.13. The molecule has 0 amide bonds. The van der Waals surface area contributed by atoms with Crippen molar-refractivity contribution < 1.29 is 14.2 Å². The van der Waals surface area contributed by atoms with E-state index in [1.54, 1.807) is 33.5 Å². The molecule has 0 aliphatic carbocycles. The van der Waals surface area contributed by atoms with E-state index >= 15 is 0 Å². The van der Waals surface area contributed by atoms with Crippen LogP contribution in [0.25, 0.3) is 11.3 Å². The molecule has 1 aromatic carbocycles. The van der Waals surface area contributed by atoms with Crippen molar-refractivity contribution in [1.82, 2.24) is 10.2 Å². The number of hydrogen-bond donors (Lipinski definition) is 2. The van der Waals surface area contributed by atoms with Gasteiger partial charge < -0.3 is 19.5 Å². The minimum absolute atomic E-state index is 0.655. The molecule has 2 rings (SSSR count). The minimum Gasteiger partial charge on any atom is -0.496 e. The summed E-state index contributed by atoms with van der Waals surface area (Å²) in [5.41, 5.74) is 1.61. The molecule has 2 aromatic rings. The Morgan fingerprint density at radius 2 is 1.63 bits per heavy atom. The minimum atomic E-state index is 0.655. The first-order valence-electron chi connectivity index (χ1n) is 5.77. The zero-order valence-corrected chi connectivity index (χ0v) is 11.4. The summed E-state index contributed by atoms with van der Waals surface area (Å²) in [6.07, 6.45) is 0. The van der Waals surface area contributed by atoms with Crippen molar-refractivity contribution in [2.24, 2.45) is 0 Å². The Bertz CT molecular complexity index is 541. The molecular weight excluding hydrogens is 246 g/mol. The van der Waals surface area contributed by atoms with Gasteiger partial charge in [0.25, 0.3) is 0 Å². The molecular formula is C13H17N3O3. The third kappa shape index (κ3) is 2.42. The van der Waals surface area contributed by atoms with Crippen molar-refractivity contribution >= 4 is 5.82 Å². The summed E-state index contributed by atoms with van der Waals surface area (Å²) in [5.74, 6) is 2.73. The molecule has 2 N–H and O–H groups in total. The number of ether oxygens (including phenoxy) is 3. The van der Waals surface area contributed by atoms with Crippen LogP contribution in [0.3, 0.4) is 0 Å². The lowest BCUT2D eigenvalue weighted by molar-refractivity contribution is 0.377. The van der Waals surface area contributed by atoms with Gasteiger partial charge in [0, 0.05) is 25.2 Å². The Hall–Kier alpha value is -2.37. The molecule has 0 fully saturated rings. The molecule has 6 heteroatoms. The molecule has 6 nitrogen and oxygen atoms in total. The van der Waals surface area contributed by atoms with E-state index < -0.39 is 0 Å². The van der Waals surface area contributed by atoms with E-state index in [0.29, 0.717) is 17.2 Å². The van der Waals surface area contributed by atoms with Crippen LogP contribution in [0.4, 0.5) is 5.82 Å². The van der Waals surface area contributed by atoms with Crippen LogP contribution in [0.5, 0.6) is 17.2 Å². The van der Waals surface area contributed by atoms with Gasteiger partial charge in [0.05, 0.1) is 32.6 Å². The highest BCUT2D eigenvalue weighted by Gasteiger charge is 2.17. The summed E-state index contributed by atoms with van der Waals surface area (Å²) >= 11 is 0. The van der Waals surface area contributed by atoms with Gasteiger partial charge in [-0.05, 0) is 0 Å². The number of benzene rings is 1. The molecule has 0 atom stereocenters. The second kappa shape index (κ2) is 5.51. The smallest absolute Gasteiger partial charge is 0.148 e. The zero-order chi connectivity index (χ0) is 13.8. The van der Waals surface area contributed by atoms with Crippen LogP contribution < -0.4 is 19.5 Å². The highest BCUT2D eigenvalue weighted by Crippen LogP contribution is 2.41. The average molecular weight is 263 g/mol. The molecule has 0 aliphatic heterocycles. The monoisotopic (exact) mass is 263 g/mol. The van der Waals surface area contributed by atoms with Crippen molar-refractivity contribution in [3.8, 4) is 28.5 Å². The van der Waals surface area contributed by atoms with Crippen molar-refractivity contribution in [2.45, 2.75) is 0 Å². The fourth-order valence-electron chi connectivity index (χ4n) is 1.85. The van der Waals surface area contributed by atoms with Gasteiger partial charge >= 0.3 is 0 Å². The lowest BCUT2D eigenvalue weighted by Crippen LogP contribution is -1.95. The van der Waals surface area contributed by atoms with E-state index in [1.165, 1.54) is 0 Å². The Kier molecular flexibility index (Phi) is 3.79. The van der Waals surface area contributed by atoms with Gasteiger partial charge in [0.1, 0.15) is 23.1 Å². The molecule has 19 heavy (non-hydrogen) atoms. The fourth-order valence-corrected chi connectivity index (χ4v) is 1.85. The maximum Gasteiger partial charge on any atom is 0.148 e. The molecule has 1 heterocycles. The first-order chi connectivity index (χ1) is 9.23. The highest BCUT2D eigenvalue weighted by atomic mass is 16.5. The number of nitrogens with zero attached hydrogens (tertiary/aromatic N) is 1. The van der Waals surface area contributed by atoms with Crippen LogP contribution in [-0.4, -0.2) is 38.6 Å². The summed E-state index contributed by atoms with van der Waals surface area (Å²) in [5, 5.41) is 10.0. The maximum absolute atomic E-state index is 5.40. The highest BCUT2D eigenvalue weighted by molar-refractivity contribution is 5.77. The van der Waals surface area contributed by atoms with E-state index in [-0.39, 0.29) is 0 Å². The number of methoxy groups -OCH3 is 3. The summed E-state index contributed by atoms with van der Waals surface area (Å²) < 4.78 is 16.0. The van der Waals surface area contributed by atoms with Gasteiger partial charge in [-0.25, -0.2) is 0 Å². The number of aromatic nitrogens is 2. The lowest BCUT2D eigenvalue weighted by atomic mass is 10.1. The first-order valence-corrected chi connectivity index (χ1v) is 5.77. The van der Waals surface area contributed by atoms with Crippen LogP contribution >= 0.6 is 0 Å². The van der Waals surface area contributed by atoms with Crippen molar-refractivity contribution in [1.29, 1.82) is 0 Å². The molecule has 102 valence electrons. The molecule has 0 saturated heterocycles. The van der Waals surface area contributed by atoms with Crippen LogP contribution in [0.1, 0.15) is 0 Å². The first kappa shape index (κ1) is 13.1. The summed E-state index contributed by atoms with van der Waals surface area (Å²) in [6, 6.07) is 5.49. The van der Waals surface area contributed by atoms with Crippen molar-refractivity contribution in [3.05, 3.63) is 18.2 Å². The van der Waals surface area contributed by atoms with Gasteiger partial charge in [-0.2, -0.15) is 5.10 Å². The van der Waals surface area contributed by atoms with Crippen molar-refractivity contribution in [3.63, 3.8) is 0 Å². The summed E-state index contributed by atoms with van der Waals surface area (Å²) in [4.78, 5) is 0. The van der Waals surface area contributed by atoms with Crippen LogP contribution in [0, 0.1) is 0 Å². The predicted octanol–water partition coefficient (Wildman–Crippen LogP) is 2.14. The predicted molar refractivity (Wildman–Crippen MR) is 73.2 cm³/mol. The molecule has 0 saturated carbocycles. The topological polar surface area (TPSA) is 68.4 Å². The zero-order valence-electron chi connectivity index (χ0n) is 11.4. The average Bonchev–Trinajstić information content (AvgIpc) is 2.94. The summed E-state index contributed by atoms with van der Waals surface area (Å²) in [6.45, 7) is 0. The van der Waals surface area contributed by atoms with Gasteiger partial charge in [-0.3, -0.25) is 5.10 Å². The van der Waals surface area contributed by atoms with Crippen molar-refractivity contribution in [2.75, 3.05) is 33.7 Å². The molecule has 0 bridgehead atoms. The van der Waals surface area contributed by atoms with E-state index in [9.17, 15) is 0 Å². The van der Waals surface area contributed by atoms with Crippen LogP contribution in [0.15, 0.2) is 18.2 Å². The van der Waals surface area contributed by atoms with Gasteiger partial charge in [-0.1, -0.05) is 0 Å². The Balaban J connectivity index is 2.59. The van der Waals surface area contributed by atoms with E-state index in [2.05, 4.69) is 15.5 Å². The maximum atomic E-state index is 5.40. The molecule has 0 unspecified atom stereocenters. The number of hydrogen-bond acceptors (Lipinski definition) is 5. The second-order valence-electron chi connectivity index (χ2n) is 3.82. The number of anilines is 1. The van der Waals surface area contributed by atoms with Gasteiger partial charge in [-0.15, -0.1) is 0 Å². The molecule has 0 aliphatic rings. The summed E-state index contributed by atoms with van der Waals surface area (Å²) in [7, 11) is 6.62. The Labute approximate surface area is 111 Å². The third-order valence-electron chi connectivity index (χ3n) is 2.82. The second-order valence-corrected chi connectivity index (χ2v) is 3.82. The molecule has 0 spiro atoms. The van der Waals surface area contributed by atoms with Crippen LogP contribution in [-0.2, 0) is 0 Å². The van der Waals surface area contributed by atoms with E-state index in [0.717, 1.165) is 17.1 Å². The van der Waals surface area contributed by atoms with E-state index in [1.807, 2.05) is 13.1 Å². The number of rotatable bonds is 5. The van der Waals surface area contributed by atoms with E-state index in [4.69, 9.17) is 14.2 Å². The standard InChI is InChI=1S/C13H17N3O3/c1-14-12-7-9(15-16-12)13-10(18-3)5-8(17-2)6-11(13)19-4/h5-7H,1-4H3,(H2,14,15,16). The number of nitrogens with one attached hydrogen (secondary N) is 2. The molecule has 0 radical (unpaired) electrons. The van der Waals surface area contributed by atoms with Gasteiger partial charge in [0.2, 0.25) is 0 Å². The number of H-pyrrole nitrogens is 1. The largest absolute Gasteiger partial charge is 0.496 e. The normalized spacial score (nSPS) is 10.1. The Morgan fingerprint density at radius 1 is 1.00 bits per heavy atom. The van der Waals surface area contributed by atoms with Crippen LogP contribution in [0.2, 0.25) is 0 Å². The molecule has 1 aromatic heterocycles. The van der Waals surface area contributed by atoms with Gasteiger partial charge in [0.15, 0.2) is 0 Å².